The van der Waals surface area contributed by atoms with Gasteiger partial charge in [-0.1, -0.05) is 81.9 Å². The molecule has 1 heterocycles. The zero-order chi connectivity index (χ0) is 51.2. The predicted molar refractivity (Wildman–Crippen MR) is 253 cm³/mol. The number of aliphatic hydroxyl groups excluding tert-OH is 1. The zero-order valence-electron chi connectivity index (χ0n) is 38.9. The normalized spacial score (nSPS) is 14.2. The third kappa shape index (κ3) is 20.1. The van der Waals surface area contributed by atoms with Crippen LogP contribution in [-0.2, 0) is 62.4 Å². The number of nitrogens with two attached hydrogens (primary N) is 2. The van der Waals surface area contributed by atoms with E-state index in [1.807, 2.05) is 0 Å². The van der Waals surface area contributed by atoms with Crippen LogP contribution in [0.5, 0.6) is 5.75 Å². The van der Waals surface area contributed by atoms with Crippen molar-refractivity contribution >= 4 is 64.2 Å². The van der Waals surface area contributed by atoms with Gasteiger partial charge in [0.15, 0.2) is 0 Å². The summed E-state index contributed by atoms with van der Waals surface area (Å²) in [6.45, 7) is 6.06. The molecule has 0 spiro atoms. The average Bonchev–Trinajstić information content (AvgIpc) is 3.81. The minimum atomic E-state index is -1.41. The molecule has 0 aliphatic heterocycles. The molecule has 0 fully saturated rings. The molecule has 376 valence electrons. The number of imidazole rings is 1. The van der Waals surface area contributed by atoms with Crippen LogP contribution >= 0.6 is 11.8 Å². The van der Waals surface area contributed by atoms with Crippen molar-refractivity contribution in [2.24, 2.45) is 23.3 Å². The van der Waals surface area contributed by atoms with Gasteiger partial charge in [0, 0.05) is 36.9 Å². The van der Waals surface area contributed by atoms with Gasteiger partial charge in [-0.15, -0.1) is 0 Å². The predicted octanol–water partition coefficient (Wildman–Crippen LogP) is -0.926. The third-order valence-corrected chi connectivity index (χ3v) is 11.5. The van der Waals surface area contributed by atoms with Crippen LogP contribution in [-0.4, -0.2) is 132 Å². The number of rotatable bonds is 29. The van der Waals surface area contributed by atoms with Crippen LogP contribution in [0, 0.1) is 11.8 Å². The number of phenolic OH excluding ortho intramolecular Hbond substituents is 1. The molecule has 0 radical (unpaired) electrons. The Labute approximate surface area is 403 Å². The minimum absolute atomic E-state index is 0.0121. The molecule has 1 aromatic heterocycles. The summed E-state index contributed by atoms with van der Waals surface area (Å²) in [5.41, 5.74) is 13.2. The first kappa shape index (κ1) is 56.5. The van der Waals surface area contributed by atoms with Gasteiger partial charge in [-0.05, 0) is 54.4 Å². The minimum Gasteiger partial charge on any atom is -0.508 e. The van der Waals surface area contributed by atoms with E-state index in [9.17, 15) is 53.4 Å². The molecule has 0 saturated carbocycles. The number of nitrogens with one attached hydrogen (secondary N) is 7. The van der Waals surface area contributed by atoms with Crippen LogP contribution in [0.4, 0.5) is 0 Å². The Morgan fingerprint density at radius 2 is 1.22 bits per heavy atom. The topological polar surface area (TPSA) is 367 Å². The van der Waals surface area contributed by atoms with Gasteiger partial charge in [0.05, 0.1) is 25.4 Å². The molecule has 3 aromatic rings. The SMILES string of the molecule is CC(C)C[C@H](NC(=O)[C@H](Cc1ccccc1)NC(=O)[C@@H](NC(=O)[C@H](Cc1cnc[nH]1)NC(=O)[C@H](CCC(N)=O)NC(=O)[C@@H](N)Cc1ccc(O)cc1)C(C)C)C(=O)N[C@@H](CO)C(=O)SCCC(=O)O. The smallest absolute Gasteiger partial charge is 0.304 e. The number of benzene rings is 2. The number of carboxylic acid groups (broad SMARTS) is 1. The van der Waals surface area contributed by atoms with Crippen LogP contribution in [0.3, 0.4) is 0 Å². The van der Waals surface area contributed by atoms with E-state index in [0.717, 1.165) is 0 Å². The standard InChI is InChI=1S/C46H64N10O12S/c1-25(2)18-33(42(64)55-36(23-57)46(68)69-17-16-38(60)61)52-43(65)34(20-27-8-6-5-7-9-27)54-45(67)39(26(3)4)56-44(66)35(21-29-22-49-24-50-29)53-41(63)32(14-15-37(48)59)51-40(62)31(47)19-28-10-12-30(58)13-11-28/h5-13,22,24-26,31-36,39,57-58H,14-21,23,47H2,1-4H3,(H2,48,59)(H,49,50)(H,51,62)(H,52,65)(H,53,63)(H,54,67)(H,55,64)(H,56,66)(H,60,61)/t31-,32-,33-,34-,35-,36-,39-/m0/s1. The average molecular weight is 981 g/mol. The van der Waals surface area contributed by atoms with Gasteiger partial charge in [0.2, 0.25) is 46.5 Å². The summed E-state index contributed by atoms with van der Waals surface area (Å²) < 4.78 is 0. The van der Waals surface area contributed by atoms with Crippen molar-refractivity contribution in [1.29, 1.82) is 0 Å². The molecule has 14 N–H and O–H groups in total. The highest BCUT2D eigenvalue weighted by Gasteiger charge is 2.35. The molecule has 0 aliphatic carbocycles. The summed E-state index contributed by atoms with van der Waals surface area (Å²) in [6, 6.07) is 5.37. The van der Waals surface area contributed by atoms with Crippen molar-refractivity contribution in [3.8, 4) is 5.75 Å². The Balaban J connectivity index is 1.86. The van der Waals surface area contributed by atoms with Crippen molar-refractivity contribution < 1.29 is 58.5 Å². The number of hydrogen-bond acceptors (Lipinski definition) is 14. The lowest BCUT2D eigenvalue weighted by Gasteiger charge is -2.29. The molecule has 69 heavy (non-hydrogen) atoms. The molecule has 23 heteroatoms. The van der Waals surface area contributed by atoms with E-state index in [1.54, 1.807) is 70.2 Å². The van der Waals surface area contributed by atoms with E-state index in [1.165, 1.54) is 24.7 Å². The summed E-state index contributed by atoms with van der Waals surface area (Å²) in [5, 5.41) is 43.4. The molecule has 2 aromatic carbocycles. The number of amides is 7. The molecule has 0 saturated heterocycles. The lowest BCUT2D eigenvalue weighted by atomic mass is 9.99. The van der Waals surface area contributed by atoms with Gasteiger partial charge in [0.25, 0.3) is 0 Å². The molecule has 3 rings (SSSR count). The fraction of sp³-hybridized carbons (Fsp3) is 0.478. The maximum absolute atomic E-state index is 14.3. The number of carbonyl (C=O) groups excluding carboxylic acids is 8. The quantitative estimate of drug-likeness (QED) is 0.0400. The van der Waals surface area contributed by atoms with Crippen molar-refractivity contribution in [2.75, 3.05) is 12.4 Å². The number of aliphatic hydroxyl groups is 1. The van der Waals surface area contributed by atoms with E-state index >= 15 is 0 Å². The van der Waals surface area contributed by atoms with Crippen LogP contribution in [0.25, 0.3) is 0 Å². The van der Waals surface area contributed by atoms with Gasteiger partial charge >= 0.3 is 5.97 Å². The monoisotopic (exact) mass is 980 g/mol. The molecule has 0 aliphatic rings. The molecule has 7 atom stereocenters. The lowest BCUT2D eigenvalue weighted by Crippen LogP contribution is -2.61. The Kier molecular flexibility index (Phi) is 23.3. The van der Waals surface area contributed by atoms with Gasteiger partial charge < -0.3 is 63.7 Å². The first-order chi connectivity index (χ1) is 32.7. The van der Waals surface area contributed by atoms with Gasteiger partial charge in [-0.2, -0.15) is 0 Å². The molecule has 22 nitrogen and oxygen atoms in total. The highest BCUT2D eigenvalue weighted by Crippen LogP contribution is 2.14. The molecule has 0 unspecified atom stereocenters. The van der Waals surface area contributed by atoms with Gasteiger partial charge in [-0.3, -0.25) is 43.2 Å². The first-order valence-electron chi connectivity index (χ1n) is 22.3. The Hall–Kier alpha value is -6.85. The van der Waals surface area contributed by atoms with E-state index in [4.69, 9.17) is 16.6 Å². The maximum Gasteiger partial charge on any atom is 0.304 e. The van der Waals surface area contributed by atoms with E-state index in [-0.39, 0.29) is 62.4 Å². The van der Waals surface area contributed by atoms with Crippen molar-refractivity contribution in [1.82, 2.24) is 41.9 Å². The summed E-state index contributed by atoms with van der Waals surface area (Å²) in [6.07, 6.45) is 1.73. The summed E-state index contributed by atoms with van der Waals surface area (Å²) in [7, 11) is 0. The number of phenols is 1. The number of hydrogen-bond donors (Lipinski definition) is 12. The Morgan fingerprint density at radius 1 is 0.667 bits per heavy atom. The van der Waals surface area contributed by atoms with Crippen LogP contribution in [0.15, 0.2) is 67.1 Å². The fourth-order valence-electron chi connectivity index (χ4n) is 6.79. The van der Waals surface area contributed by atoms with E-state index < -0.39 is 107 Å². The number of aromatic nitrogens is 2. The van der Waals surface area contributed by atoms with E-state index in [2.05, 4.69) is 41.9 Å². The second-order valence-electron chi connectivity index (χ2n) is 17.1. The molecular formula is C46H64N10O12S. The van der Waals surface area contributed by atoms with Crippen LogP contribution in [0.1, 0.15) is 70.2 Å². The number of carbonyl (C=O) groups is 9. The highest BCUT2D eigenvalue weighted by molar-refractivity contribution is 8.13. The summed E-state index contributed by atoms with van der Waals surface area (Å²) in [5.74, 6) is -7.63. The van der Waals surface area contributed by atoms with Gasteiger partial charge in [0.1, 0.15) is 42.0 Å². The zero-order valence-corrected chi connectivity index (χ0v) is 39.8. The van der Waals surface area contributed by atoms with E-state index in [0.29, 0.717) is 28.6 Å². The second kappa shape index (κ2) is 28.5. The maximum atomic E-state index is 14.3. The summed E-state index contributed by atoms with van der Waals surface area (Å²) in [4.78, 5) is 126. The first-order valence-corrected chi connectivity index (χ1v) is 23.3. The van der Waals surface area contributed by atoms with Crippen LogP contribution < -0.4 is 43.4 Å². The molecular weight excluding hydrogens is 917 g/mol. The second-order valence-corrected chi connectivity index (χ2v) is 18.2. The van der Waals surface area contributed by atoms with Crippen LogP contribution in [0.2, 0.25) is 0 Å². The molecule has 7 amide bonds. The third-order valence-electron chi connectivity index (χ3n) is 10.5. The number of carboxylic acids is 1. The molecule has 0 bridgehead atoms. The largest absolute Gasteiger partial charge is 0.508 e. The highest BCUT2D eigenvalue weighted by atomic mass is 32.2. The Morgan fingerprint density at radius 3 is 1.80 bits per heavy atom. The number of aromatic amines is 1. The van der Waals surface area contributed by atoms with Crippen molar-refractivity contribution in [3.05, 3.63) is 83.9 Å². The number of primary amides is 1. The summed E-state index contributed by atoms with van der Waals surface area (Å²) >= 11 is 0.629. The number of H-pyrrole nitrogens is 1. The fourth-order valence-corrected chi connectivity index (χ4v) is 7.60. The van der Waals surface area contributed by atoms with Crippen molar-refractivity contribution in [3.63, 3.8) is 0 Å². The lowest BCUT2D eigenvalue weighted by molar-refractivity contribution is -0.136. The number of aliphatic carboxylic acids is 1. The van der Waals surface area contributed by atoms with Gasteiger partial charge in [-0.25, -0.2) is 4.98 Å². The Bertz CT molecular complexity index is 2200. The van der Waals surface area contributed by atoms with Crippen molar-refractivity contribution in [2.45, 2.75) is 115 Å². The number of nitrogens with zero attached hydrogens (tertiary/aromatic N) is 1. The number of aromatic hydroxyl groups is 1. The number of thioether (sulfide) groups is 1.